The number of hydrogen-bond acceptors (Lipinski definition) is 1. The molecule has 2 aromatic carbocycles. The van der Waals surface area contributed by atoms with Crippen LogP contribution in [-0.4, -0.2) is 0 Å². The van der Waals surface area contributed by atoms with E-state index in [1.807, 2.05) is 36.4 Å². The van der Waals surface area contributed by atoms with Gasteiger partial charge in [0.1, 0.15) is 0 Å². The lowest BCUT2D eigenvalue weighted by atomic mass is 9.93. The molecule has 0 aliphatic heterocycles. The van der Waals surface area contributed by atoms with Gasteiger partial charge in [-0.25, -0.2) is 0 Å². The number of nitrogens with zero attached hydrogens (tertiary/aromatic N) is 1. The fraction of sp³-hybridized carbons (Fsp3) is 0.167. The number of hydrogen-bond donors (Lipinski definition) is 0. The Labute approximate surface area is 114 Å². The van der Waals surface area contributed by atoms with Crippen LogP contribution in [0.2, 0.25) is 0 Å². The molecule has 0 unspecified atom stereocenters. The molecule has 1 atom stereocenters. The van der Waals surface area contributed by atoms with Crippen LogP contribution in [0.4, 0.5) is 0 Å². The number of nitriles is 1. The first kappa shape index (κ1) is 13.1. The lowest BCUT2D eigenvalue weighted by Gasteiger charge is -2.11. The van der Waals surface area contributed by atoms with E-state index in [4.69, 9.17) is 5.26 Å². The van der Waals surface area contributed by atoms with Crippen molar-refractivity contribution in [2.24, 2.45) is 5.92 Å². The largest absolute Gasteiger partial charge is 0.198 e. The maximum atomic E-state index is 8.81. The average molecular weight is 247 g/mol. The summed E-state index contributed by atoms with van der Waals surface area (Å²) in [6, 6.07) is 22.9. The summed E-state index contributed by atoms with van der Waals surface area (Å²) in [5, 5.41) is 8.81. The molecule has 0 amide bonds. The monoisotopic (exact) mass is 247 g/mol. The SMILES string of the molecule is C[C@@H](C=C(c1ccccc1)c1ccccc1)CC#N. The van der Waals surface area contributed by atoms with Crippen molar-refractivity contribution in [1.82, 2.24) is 0 Å². The van der Waals surface area contributed by atoms with Crippen LogP contribution in [0.5, 0.6) is 0 Å². The second-order valence-electron chi connectivity index (χ2n) is 4.65. The second-order valence-corrected chi connectivity index (χ2v) is 4.65. The van der Waals surface area contributed by atoms with Gasteiger partial charge in [-0.05, 0) is 22.6 Å². The van der Waals surface area contributed by atoms with Crippen LogP contribution < -0.4 is 0 Å². The lowest BCUT2D eigenvalue weighted by molar-refractivity contribution is 0.754. The minimum atomic E-state index is 0.250. The van der Waals surface area contributed by atoms with E-state index < -0.39 is 0 Å². The minimum Gasteiger partial charge on any atom is -0.198 e. The summed E-state index contributed by atoms with van der Waals surface area (Å²) < 4.78 is 0. The Balaban J connectivity index is 2.43. The first-order valence-electron chi connectivity index (χ1n) is 6.51. The van der Waals surface area contributed by atoms with Gasteiger partial charge < -0.3 is 0 Å². The van der Waals surface area contributed by atoms with Gasteiger partial charge in [0.25, 0.3) is 0 Å². The average Bonchev–Trinajstić information content (AvgIpc) is 2.47. The molecule has 0 radical (unpaired) electrons. The number of benzene rings is 2. The first-order valence-corrected chi connectivity index (χ1v) is 6.51. The fourth-order valence-corrected chi connectivity index (χ4v) is 2.08. The maximum absolute atomic E-state index is 8.81. The second kappa shape index (κ2) is 6.56. The van der Waals surface area contributed by atoms with E-state index in [0.29, 0.717) is 6.42 Å². The minimum absolute atomic E-state index is 0.250. The quantitative estimate of drug-likeness (QED) is 0.770. The van der Waals surface area contributed by atoms with E-state index in [9.17, 15) is 0 Å². The predicted molar refractivity (Wildman–Crippen MR) is 79.4 cm³/mol. The van der Waals surface area contributed by atoms with Crippen molar-refractivity contribution in [3.8, 4) is 6.07 Å². The molecule has 94 valence electrons. The van der Waals surface area contributed by atoms with Gasteiger partial charge in [0, 0.05) is 6.42 Å². The summed E-state index contributed by atoms with van der Waals surface area (Å²) in [6.45, 7) is 2.08. The lowest BCUT2D eigenvalue weighted by Crippen LogP contribution is -1.93. The third kappa shape index (κ3) is 3.56. The van der Waals surface area contributed by atoms with Crippen LogP contribution in [0.25, 0.3) is 5.57 Å². The highest BCUT2D eigenvalue weighted by Gasteiger charge is 2.06. The number of rotatable bonds is 4. The summed E-state index contributed by atoms with van der Waals surface area (Å²) in [5.74, 6) is 0.250. The van der Waals surface area contributed by atoms with E-state index in [1.165, 1.54) is 16.7 Å². The molecule has 1 nitrogen and oxygen atoms in total. The summed E-state index contributed by atoms with van der Waals surface area (Å²) in [4.78, 5) is 0. The summed E-state index contributed by atoms with van der Waals surface area (Å²) >= 11 is 0. The Morgan fingerprint density at radius 2 is 1.47 bits per heavy atom. The molecule has 0 saturated heterocycles. The zero-order chi connectivity index (χ0) is 13.5. The maximum Gasteiger partial charge on any atom is 0.0627 e. The van der Waals surface area contributed by atoms with Gasteiger partial charge in [-0.15, -0.1) is 0 Å². The van der Waals surface area contributed by atoms with Crippen molar-refractivity contribution in [2.75, 3.05) is 0 Å². The Kier molecular flexibility index (Phi) is 4.53. The van der Waals surface area contributed by atoms with Crippen LogP contribution >= 0.6 is 0 Å². The molecule has 1 heteroatoms. The van der Waals surface area contributed by atoms with Crippen molar-refractivity contribution >= 4 is 5.57 Å². The van der Waals surface area contributed by atoms with Gasteiger partial charge in [0.05, 0.1) is 6.07 Å². The highest BCUT2D eigenvalue weighted by atomic mass is 14.2. The van der Waals surface area contributed by atoms with E-state index in [2.05, 4.69) is 43.3 Å². The molecule has 2 aromatic rings. The van der Waals surface area contributed by atoms with Crippen LogP contribution in [0.15, 0.2) is 66.7 Å². The topological polar surface area (TPSA) is 23.8 Å². The summed E-state index contributed by atoms with van der Waals surface area (Å²) in [6.07, 6.45) is 2.73. The van der Waals surface area contributed by atoms with Crippen molar-refractivity contribution < 1.29 is 0 Å². The third-order valence-corrected chi connectivity index (χ3v) is 3.03. The van der Waals surface area contributed by atoms with Gasteiger partial charge in [-0.2, -0.15) is 5.26 Å². The Hall–Kier alpha value is -2.33. The molecular formula is C18H17N. The fourth-order valence-electron chi connectivity index (χ4n) is 2.08. The molecule has 0 aliphatic rings. The normalized spacial score (nSPS) is 11.4. The van der Waals surface area contributed by atoms with Gasteiger partial charge >= 0.3 is 0 Å². The smallest absolute Gasteiger partial charge is 0.0627 e. The predicted octanol–water partition coefficient (Wildman–Crippen LogP) is 4.67. The third-order valence-electron chi connectivity index (χ3n) is 3.03. The van der Waals surface area contributed by atoms with Crippen LogP contribution in [0.3, 0.4) is 0 Å². The van der Waals surface area contributed by atoms with Crippen LogP contribution in [0, 0.1) is 17.2 Å². The van der Waals surface area contributed by atoms with E-state index in [-0.39, 0.29) is 5.92 Å². The number of allylic oxidation sites excluding steroid dienone is 1. The summed E-state index contributed by atoms with van der Waals surface area (Å²) in [7, 11) is 0. The Morgan fingerprint density at radius 3 is 1.89 bits per heavy atom. The molecule has 0 N–H and O–H groups in total. The Bertz CT molecular complexity index is 535. The van der Waals surface area contributed by atoms with E-state index >= 15 is 0 Å². The summed E-state index contributed by atoms with van der Waals surface area (Å²) in [5.41, 5.74) is 3.58. The highest BCUT2D eigenvalue weighted by Crippen LogP contribution is 2.25. The van der Waals surface area contributed by atoms with Gasteiger partial charge in [0.2, 0.25) is 0 Å². The van der Waals surface area contributed by atoms with Crippen LogP contribution in [0.1, 0.15) is 24.5 Å². The molecule has 0 aromatic heterocycles. The van der Waals surface area contributed by atoms with Gasteiger partial charge in [-0.1, -0.05) is 73.7 Å². The first-order chi connectivity index (χ1) is 9.31. The van der Waals surface area contributed by atoms with E-state index in [0.717, 1.165) is 0 Å². The van der Waals surface area contributed by atoms with Gasteiger partial charge in [0.15, 0.2) is 0 Å². The molecule has 0 spiro atoms. The van der Waals surface area contributed by atoms with Crippen LogP contribution in [-0.2, 0) is 0 Å². The van der Waals surface area contributed by atoms with Gasteiger partial charge in [-0.3, -0.25) is 0 Å². The Morgan fingerprint density at radius 1 is 1.00 bits per heavy atom. The zero-order valence-corrected chi connectivity index (χ0v) is 11.1. The molecule has 0 heterocycles. The van der Waals surface area contributed by atoms with Crippen molar-refractivity contribution in [3.05, 3.63) is 77.9 Å². The van der Waals surface area contributed by atoms with Crippen molar-refractivity contribution in [2.45, 2.75) is 13.3 Å². The molecule has 0 saturated carbocycles. The van der Waals surface area contributed by atoms with Crippen molar-refractivity contribution in [1.29, 1.82) is 5.26 Å². The zero-order valence-electron chi connectivity index (χ0n) is 11.1. The van der Waals surface area contributed by atoms with Crippen molar-refractivity contribution in [3.63, 3.8) is 0 Å². The molecule has 0 fully saturated rings. The molecule has 19 heavy (non-hydrogen) atoms. The molecule has 2 rings (SSSR count). The standard InChI is InChI=1S/C18H17N/c1-15(12-13-19)14-18(16-8-4-2-5-9-16)17-10-6-3-7-11-17/h2-11,14-15H,12H2,1H3/t15-/m1/s1. The molecular weight excluding hydrogens is 230 g/mol. The highest BCUT2D eigenvalue weighted by molar-refractivity contribution is 5.79. The molecule has 0 aliphatic carbocycles. The van der Waals surface area contributed by atoms with E-state index in [1.54, 1.807) is 0 Å². The molecule has 0 bridgehead atoms.